The lowest BCUT2D eigenvalue weighted by Gasteiger charge is -2.35. The molecule has 1 aliphatic carbocycles. The van der Waals surface area contributed by atoms with Crippen molar-refractivity contribution in [3.63, 3.8) is 0 Å². The molecule has 0 aromatic heterocycles. The highest BCUT2D eigenvalue weighted by Gasteiger charge is 2.26. The molecule has 0 radical (unpaired) electrons. The molecule has 0 amide bonds. The minimum atomic E-state index is 0.527. The van der Waals surface area contributed by atoms with Crippen molar-refractivity contribution in [3.8, 4) is 12.3 Å². The number of terminal acetylenes is 1. The Morgan fingerprint density at radius 2 is 2.00 bits per heavy atom. The van der Waals surface area contributed by atoms with Crippen molar-refractivity contribution in [2.24, 2.45) is 5.41 Å². The number of hydrogen-bond donors (Lipinski definition) is 1. The zero-order valence-electron chi connectivity index (χ0n) is 10.8. The van der Waals surface area contributed by atoms with E-state index < -0.39 is 0 Å². The topological polar surface area (TPSA) is 12.0 Å². The molecule has 0 heterocycles. The van der Waals surface area contributed by atoms with Crippen molar-refractivity contribution in [1.29, 1.82) is 0 Å². The summed E-state index contributed by atoms with van der Waals surface area (Å²) in [5.41, 5.74) is 2.63. The molecule has 0 aliphatic heterocycles. The molecule has 0 spiro atoms. The number of rotatable bonds is 2. The summed E-state index contributed by atoms with van der Waals surface area (Å²) in [4.78, 5) is 0. The lowest BCUT2D eigenvalue weighted by Crippen LogP contribution is -2.29. The van der Waals surface area contributed by atoms with Crippen molar-refractivity contribution in [1.82, 2.24) is 0 Å². The summed E-state index contributed by atoms with van der Waals surface area (Å²) in [5, 5.41) is 3.60. The Morgan fingerprint density at radius 3 is 2.65 bits per heavy atom. The fraction of sp³-hybridized carbons (Fsp3) is 0.500. The van der Waals surface area contributed by atoms with Gasteiger partial charge in [0.2, 0.25) is 0 Å². The highest BCUT2D eigenvalue weighted by Crippen LogP contribution is 2.36. The van der Waals surface area contributed by atoms with Gasteiger partial charge in [0, 0.05) is 17.3 Å². The van der Waals surface area contributed by atoms with Gasteiger partial charge in [-0.2, -0.15) is 0 Å². The first-order valence-corrected chi connectivity index (χ1v) is 6.42. The third kappa shape index (κ3) is 3.27. The number of nitrogens with one attached hydrogen (secondary N) is 1. The maximum atomic E-state index is 5.41. The first-order valence-electron chi connectivity index (χ1n) is 6.42. The van der Waals surface area contributed by atoms with Crippen molar-refractivity contribution >= 4 is 5.69 Å². The van der Waals surface area contributed by atoms with E-state index in [1.54, 1.807) is 0 Å². The van der Waals surface area contributed by atoms with E-state index in [0.717, 1.165) is 11.3 Å². The molecular weight excluding hydrogens is 206 g/mol. The van der Waals surface area contributed by atoms with Gasteiger partial charge in [-0.3, -0.25) is 0 Å². The van der Waals surface area contributed by atoms with Gasteiger partial charge in [0.15, 0.2) is 0 Å². The molecule has 2 rings (SSSR count). The Hall–Kier alpha value is -1.42. The van der Waals surface area contributed by atoms with Crippen LogP contribution < -0.4 is 5.32 Å². The van der Waals surface area contributed by atoms with E-state index in [-0.39, 0.29) is 0 Å². The monoisotopic (exact) mass is 227 g/mol. The van der Waals surface area contributed by atoms with Crippen LogP contribution >= 0.6 is 0 Å². The van der Waals surface area contributed by atoms with Gasteiger partial charge < -0.3 is 5.32 Å². The smallest absolute Gasteiger partial charge is 0.0354 e. The minimum Gasteiger partial charge on any atom is -0.382 e. The van der Waals surface area contributed by atoms with Crippen LogP contribution in [0.5, 0.6) is 0 Å². The summed E-state index contributed by atoms with van der Waals surface area (Å²) < 4.78 is 0. The molecular formula is C16H21N. The summed E-state index contributed by atoms with van der Waals surface area (Å²) in [5.74, 6) is 2.68. The Morgan fingerprint density at radius 1 is 1.29 bits per heavy atom. The van der Waals surface area contributed by atoms with E-state index in [1.165, 1.54) is 25.7 Å². The van der Waals surface area contributed by atoms with Gasteiger partial charge in [0.1, 0.15) is 0 Å². The van der Waals surface area contributed by atoms with Crippen molar-refractivity contribution < 1.29 is 0 Å². The van der Waals surface area contributed by atoms with Crippen molar-refractivity contribution in [3.05, 3.63) is 29.8 Å². The molecule has 1 nitrogen and oxygen atoms in total. The third-order valence-electron chi connectivity index (χ3n) is 3.74. The molecule has 0 unspecified atom stereocenters. The Kier molecular flexibility index (Phi) is 3.43. The maximum Gasteiger partial charge on any atom is 0.0354 e. The molecule has 0 atom stereocenters. The summed E-state index contributed by atoms with van der Waals surface area (Å²) in [6, 6.07) is 8.75. The second-order valence-electron chi connectivity index (χ2n) is 5.81. The molecule has 90 valence electrons. The van der Waals surface area contributed by atoms with Crippen LogP contribution in [0.15, 0.2) is 24.3 Å². The average Bonchev–Trinajstić information content (AvgIpc) is 2.32. The van der Waals surface area contributed by atoms with Crippen LogP contribution in [0, 0.1) is 17.8 Å². The first-order chi connectivity index (χ1) is 8.09. The molecule has 1 aliphatic rings. The molecule has 1 fully saturated rings. The lowest BCUT2D eigenvalue weighted by molar-refractivity contribution is 0.232. The van der Waals surface area contributed by atoms with Crippen LogP contribution in [-0.2, 0) is 0 Å². The largest absolute Gasteiger partial charge is 0.382 e. The second-order valence-corrected chi connectivity index (χ2v) is 5.81. The SMILES string of the molecule is C#Cc1cccc(NC2CCC(C)(C)CC2)c1. The summed E-state index contributed by atoms with van der Waals surface area (Å²) in [6.45, 7) is 4.73. The van der Waals surface area contributed by atoms with Gasteiger partial charge >= 0.3 is 0 Å². The van der Waals surface area contributed by atoms with Crippen LogP contribution in [-0.4, -0.2) is 6.04 Å². The van der Waals surface area contributed by atoms with Crippen LogP contribution in [0.4, 0.5) is 5.69 Å². The summed E-state index contributed by atoms with van der Waals surface area (Å²) >= 11 is 0. The van der Waals surface area contributed by atoms with Crippen LogP contribution in [0.25, 0.3) is 0 Å². The molecule has 17 heavy (non-hydrogen) atoms. The van der Waals surface area contributed by atoms with Gasteiger partial charge in [0.25, 0.3) is 0 Å². The van der Waals surface area contributed by atoms with Crippen molar-refractivity contribution in [2.45, 2.75) is 45.6 Å². The lowest BCUT2D eigenvalue weighted by atomic mass is 9.75. The number of hydrogen-bond acceptors (Lipinski definition) is 1. The quantitative estimate of drug-likeness (QED) is 0.752. The molecule has 1 aromatic carbocycles. The van der Waals surface area contributed by atoms with E-state index in [9.17, 15) is 0 Å². The van der Waals surface area contributed by atoms with Gasteiger partial charge in [-0.05, 0) is 49.3 Å². The third-order valence-corrected chi connectivity index (χ3v) is 3.74. The minimum absolute atomic E-state index is 0.527. The number of benzene rings is 1. The van der Waals surface area contributed by atoms with Crippen LogP contribution in [0.1, 0.15) is 45.1 Å². The molecule has 1 N–H and O–H groups in total. The summed E-state index contributed by atoms with van der Waals surface area (Å²) in [6.07, 6.45) is 10.5. The zero-order chi connectivity index (χ0) is 12.3. The van der Waals surface area contributed by atoms with E-state index in [4.69, 9.17) is 6.42 Å². The predicted octanol–water partition coefficient (Wildman–Crippen LogP) is 4.05. The van der Waals surface area contributed by atoms with E-state index in [0.29, 0.717) is 11.5 Å². The van der Waals surface area contributed by atoms with E-state index in [2.05, 4.69) is 37.2 Å². The van der Waals surface area contributed by atoms with Crippen LogP contribution in [0.3, 0.4) is 0 Å². The molecule has 1 saturated carbocycles. The Bertz CT molecular complexity index is 415. The molecule has 1 heteroatoms. The van der Waals surface area contributed by atoms with Crippen molar-refractivity contribution in [2.75, 3.05) is 5.32 Å². The number of anilines is 1. The highest BCUT2D eigenvalue weighted by molar-refractivity contribution is 5.50. The maximum absolute atomic E-state index is 5.41. The zero-order valence-corrected chi connectivity index (χ0v) is 10.8. The van der Waals surface area contributed by atoms with Gasteiger partial charge in [0.05, 0.1) is 0 Å². The average molecular weight is 227 g/mol. The molecule has 0 saturated heterocycles. The fourth-order valence-electron chi connectivity index (χ4n) is 2.48. The van der Waals surface area contributed by atoms with Crippen LogP contribution in [0.2, 0.25) is 0 Å². The highest BCUT2D eigenvalue weighted by atomic mass is 14.9. The standard InChI is InChI=1S/C16H21N/c1-4-13-6-5-7-15(12-13)17-14-8-10-16(2,3)11-9-14/h1,5-7,12,14,17H,8-11H2,2-3H3. The van der Waals surface area contributed by atoms with E-state index in [1.807, 2.05) is 12.1 Å². The van der Waals surface area contributed by atoms with Gasteiger partial charge in [-0.1, -0.05) is 25.8 Å². The summed E-state index contributed by atoms with van der Waals surface area (Å²) in [7, 11) is 0. The molecule has 0 bridgehead atoms. The normalized spacial score (nSPS) is 19.6. The predicted molar refractivity (Wildman–Crippen MR) is 74.0 cm³/mol. The first kappa shape index (κ1) is 12.0. The van der Waals surface area contributed by atoms with Gasteiger partial charge in [-0.15, -0.1) is 6.42 Å². The van der Waals surface area contributed by atoms with Gasteiger partial charge in [-0.25, -0.2) is 0 Å². The Balaban J connectivity index is 1.96. The van der Waals surface area contributed by atoms with E-state index >= 15 is 0 Å². The molecule has 1 aromatic rings. The second kappa shape index (κ2) is 4.84. The Labute approximate surface area is 105 Å². The fourth-order valence-corrected chi connectivity index (χ4v) is 2.48.